The molecule has 0 amide bonds. The Morgan fingerprint density at radius 3 is 2.75 bits per heavy atom. The van der Waals surface area contributed by atoms with Crippen LogP contribution in [-0.4, -0.2) is 38.5 Å². The first-order chi connectivity index (χ1) is 5.74. The highest BCUT2D eigenvalue weighted by Crippen LogP contribution is 2.20. The van der Waals surface area contributed by atoms with Gasteiger partial charge in [0.2, 0.25) is 0 Å². The van der Waals surface area contributed by atoms with Crippen molar-refractivity contribution in [2.45, 2.75) is 25.6 Å². The van der Waals surface area contributed by atoms with Crippen LogP contribution in [0.2, 0.25) is 0 Å². The molecule has 0 aromatic carbocycles. The van der Waals surface area contributed by atoms with E-state index < -0.39 is 0 Å². The quantitative estimate of drug-likeness (QED) is 0.446. The highest BCUT2D eigenvalue weighted by Gasteiger charge is 2.35. The van der Waals surface area contributed by atoms with Crippen molar-refractivity contribution in [3.63, 3.8) is 0 Å². The maximum atomic E-state index is 10.9. The lowest BCUT2D eigenvalue weighted by molar-refractivity contribution is -0.145. The zero-order valence-corrected chi connectivity index (χ0v) is 7.41. The fourth-order valence-corrected chi connectivity index (χ4v) is 0.838. The van der Waals surface area contributed by atoms with Crippen LogP contribution in [0, 0.1) is 0 Å². The van der Waals surface area contributed by atoms with Crippen LogP contribution in [0.4, 0.5) is 0 Å². The minimum Gasteiger partial charge on any atom is -0.463 e. The molecule has 4 heteroatoms. The second-order valence-corrected chi connectivity index (χ2v) is 2.81. The molecule has 2 unspecified atom stereocenters. The van der Waals surface area contributed by atoms with E-state index in [0.717, 1.165) is 0 Å². The number of carbonyl (C=O) groups is 1. The second-order valence-electron chi connectivity index (χ2n) is 2.81. The van der Waals surface area contributed by atoms with Gasteiger partial charge in [0, 0.05) is 7.11 Å². The molecule has 1 aliphatic heterocycles. The third kappa shape index (κ3) is 3.19. The summed E-state index contributed by atoms with van der Waals surface area (Å²) < 4.78 is 14.7. The van der Waals surface area contributed by atoms with Gasteiger partial charge in [0.1, 0.15) is 12.7 Å². The average Bonchev–Trinajstić information content (AvgIpc) is 2.75. The predicted octanol–water partition coefficient (Wildman–Crippen LogP) is 0.353. The van der Waals surface area contributed by atoms with E-state index in [-0.39, 0.29) is 18.2 Å². The summed E-state index contributed by atoms with van der Waals surface area (Å²) in [6.07, 6.45) is 0.689. The van der Waals surface area contributed by atoms with Gasteiger partial charge in [-0.15, -0.1) is 0 Å². The standard InChI is InChI=1S/C8H14O4/c1-6-7(12-6)5-11-8(9)3-4-10-2/h6-7H,3-5H2,1-2H3. The summed E-state index contributed by atoms with van der Waals surface area (Å²) in [6, 6.07) is 0. The zero-order valence-electron chi connectivity index (χ0n) is 7.41. The molecule has 2 atom stereocenters. The predicted molar refractivity (Wildman–Crippen MR) is 41.8 cm³/mol. The number of rotatable bonds is 5. The lowest BCUT2D eigenvalue weighted by Crippen LogP contribution is -2.12. The summed E-state index contributed by atoms with van der Waals surface area (Å²) in [5.41, 5.74) is 0. The molecule has 4 nitrogen and oxygen atoms in total. The summed E-state index contributed by atoms with van der Waals surface area (Å²) in [7, 11) is 1.55. The highest BCUT2D eigenvalue weighted by atomic mass is 16.6. The number of esters is 1. The Kier molecular flexibility index (Phi) is 3.49. The molecule has 1 rings (SSSR count). The molecule has 12 heavy (non-hydrogen) atoms. The molecule has 0 aromatic rings. The summed E-state index contributed by atoms with van der Waals surface area (Å²) >= 11 is 0. The second kappa shape index (κ2) is 4.42. The number of epoxide rings is 1. The van der Waals surface area contributed by atoms with Crippen LogP contribution >= 0.6 is 0 Å². The smallest absolute Gasteiger partial charge is 0.308 e. The molecule has 1 aliphatic rings. The first-order valence-electron chi connectivity index (χ1n) is 4.04. The van der Waals surface area contributed by atoms with Gasteiger partial charge in [-0.3, -0.25) is 4.79 Å². The van der Waals surface area contributed by atoms with E-state index in [1.807, 2.05) is 6.92 Å². The number of hydrogen-bond acceptors (Lipinski definition) is 4. The van der Waals surface area contributed by atoms with Crippen molar-refractivity contribution in [1.29, 1.82) is 0 Å². The van der Waals surface area contributed by atoms with E-state index in [1.165, 1.54) is 0 Å². The molecule has 0 aromatic heterocycles. The van der Waals surface area contributed by atoms with Gasteiger partial charge in [-0.05, 0) is 6.92 Å². The van der Waals surface area contributed by atoms with Gasteiger partial charge in [-0.1, -0.05) is 0 Å². The van der Waals surface area contributed by atoms with E-state index in [1.54, 1.807) is 7.11 Å². The fraction of sp³-hybridized carbons (Fsp3) is 0.875. The van der Waals surface area contributed by atoms with Crippen molar-refractivity contribution >= 4 is 5.97 Å². The van der Waals surface area contributed by atoms with Crippen molar-refractivity contribution in [3.05, 3.63) is 0 Å². The van der Waals surface area contributed by atoms with Gasteiger partial charge in [0.05, 0.1) is 19.1 Å². The van der Waals surface area contributed by atoms with Crippen LogP contribution < -0.4 is 0 Å². The van der Waals surface area contributed by atoms with Crippen molar-refractivity contribution in [1.82, 2.24) is 0 Å². The summed E-state index contributed by atoms with van der Waals surface area (Å²) in [5.74, 6) is -0.223. The van der Waals surface area contributed by atoms with Crippen LogP contribution in [0.25, 0.3) is 0 Å². The number of hydrogen-bond donors (Lipinski definition) is 0. The Morgan fingerprint density at radius 2 is 2.25 bits per heavy atom. The van der Waals surface area contributed by atoms with E-state index in [9.17, 15) is 4.79 Å². The molecular weight excluding hydrogens is 160 g/mol. The minimum atomic E-state index is -0.223. The first-order valence-corrected chi connectivity index (χ1v) is 4.04. The monoisotopic (exact) mass is 174 g/mol. The van der Waals surface area contributed by atoms with Crippen molar-refractivity contribution < 1.29 is 19.0 Å². The van der Waals surface area contributed by atoms with Crippen molar-refractivity contribution in [2.75, 3.05) is 20.3 Å². The van der Waals surface area contributed by atoms with Gasteiger partial charge >= 0.3 is 5.97 Å². The van der Waals surface area contributed by atoms with E-state index in [2.05, 4.69) is 0 Å². The molecule has 1 saturated heterocycles. The van der Waals surface area contributed by atoms with Crippen LogP contribution in [0.5, 0.6) is 0 Å². The zero-order chi connectivity index (χ0) is 8.97. The Bertz CT molecular complexity index is 157. The summed E-state index contributed by atoms with van der Waals surface area (Å²) in [4.78, 5) is 10.9. The lowest BCUT2D eigenvalue weighted by Gasteiger charge is -2.01. The topological polar surface area (TPSA) is 48.1 Å². The first kappa shape index (κ1) is 9.48. The van der Waals surface area contributed by atoms with Gasteiger partial charge in [0.15, 0.2) is 0 Å². The molecule has 0 spiro atoms. The van der Waals surface area contributed by atoms with Crippen molar-refractivity contribution in [3.8, 4) is 0 Å². The average molecular weight is 174 g/mol. The SMILES string of the molecule is COCCC(=O)OCC1OC1C. The van der Waals surface area contributed by atoms with E-state index >= 15 is 0 Å². The van der Waals surface area contributed by atoms with Crippen LogP contribution in [0.3, 0.4) is 0 Å². The van der Waals surface area contributed by atoms with E-state index in [0.29, 0.717) is 19.6 Å². The van der Waals surface area contributed by atoms with Crippen LogP contribution in [-0.2, 0) is 19.0 Å². The Labute approximate surface area is 71.8 Å². The summed E-state index contributed by atoms with van der Waals surface area (Å²) in [6.45, 7) is 2.75. The molecule has 0 aliphatic carbocycles. The maximum absolute atomic E-state index is 10.9. The van der Waals surface area contributed by atoms with E-state index in [4.69, 9.17) is 14.2 Å². The highest BCUT2D eigenvalue weighted by molar-refractivity contribution is 5.69. The normalized spacial score (nSPS) is 26.8. The molecule has 0 bridgehead atoms. The van der Waals surface area contributed by atoms with Crippen LogP contribution in [0.1, 0.15) is 13.3 Å². The summed E-state index contributed by atoms with van der Waals surface area (Å²) in [5, 5.41) is 0. The van der Waals surface area contributed by atoms with Gasteiger partial charge in [-0.2, -0.15) is 0 Å². The largest absolute Gasteiger partial charge is 0.463 e. The lowest BCUT2D eigenvalue weighted by atomic mass is 10.4. The maximum Gasteiger partial charge on any atom is 0.308 e. The molecule has 1 heterocycles. The molecule has 70 valence electrons. The fourth-order valence-electron chi connectivity index (χ4n) is 0.838. The van der Waals surface area contributed by atoms with Crippen molar-refractivity contribution in [2.24, 2.45) is 0 Å². The van der Waals surface area contributed by atoms with Crippen LogP contribution in [0.15, 0.2) is 0 Å². The number of methoxy groups -OCH3 is 1. The minimum absolute atomic E-state index is 0.122. The molecule has 0 saturated carbocycles. The third-order valence-electron chi connectivity index (χ3n) is 1.76. The Balaban J connectivity index is 1.95. The Morgan fingerprint density at radius 1 is 1.58 bits per heavy atom. The number of ether oxygens (including phenoxy) is 3. The molecule has 0 radical (unpaired) electrons. The van der Waals surface area contributed by atoms with Gasteiger partial charge in [-0.25, -0.2) is 0 Å². The number of carbonyl (C=O) groups excluding carboxylic acids is 1. The molecule has 0 N–H and O–H groups in total. The molecular formula is C8H14O4. The molecule has 1 fully saturated rings. The Hall–Kier alpha value is -0.610. The third-order valence-corrected chi connectivity index (χ3v) is 1.76. The van der Waals surface area contributed by atoms with Gasteiger partial charge in [0.25, 0.3) is 0 Å². The van der Waals surface area contributed by atoms with Gasteiger partial charge < -0.3 is 14.2 Å².